The first-order valence-corrected chi connectivity index (χ1v) is 5.19. The van der Waals surface area contributed by atoms with Crippen LogP contribution in [0.15, 0.2) is 23.4 Å². The molecule has 2 rings (SSSR count). The summed E-state index contributed by atoms with van der Waals surface area (Å²) in [6.45, 7) is 0. The van der Waals surface area contributed by atoms with Crippen LogP contribution in [0.2, 0.25) is 0 Å². The summed E-state index contributed by atoms with van der Waals surface area (Å²) in [5.74, 6) is -4.10. The summed E-state index contributed by atoms with van der Waals surface area (Å²) in [6, 6.07) is 2.84. The van der Waals surface area contributed by atoms with E-state index in [4.69, 9.17) is 5.11 Å². The second kappa shape index (κ2) is 5.01. The average Bonchev–Trinajstić information content (AvgIpc) is 2.83. The van der Waals surface area contributed by atoms with E-state index in [-0.39, 0.29) is 17.8 Å². The van der Waals surface area contributed by atoms with Crippen LogP contribution in [0.4, 0.5) is 14.5 Å². The first kappa shape index (κ1) is 12.9. The van der Waals surface area contributed by atoms with E-state index < -0.39 is 29.6 Å². The smallest absolute Gasteiger partial charge is 0.353 e. The lowest BCUT2D eigenvalue weighted by Crippen LogP contribution is -2.29. The zero-order valence-corrected chi connectivity index (χ0v) is 9.39. The van der Waals surface area contributed by atoms with Crippen LogP contribution in [-0.2, 0) is 14.4 Å². The highest BCUT2D eigenvalue weighted by atomic mass is 19.2. The number of rotatable bonds is 3. The number of carbonyl (C=O) groups excluding carboxylic acids is 1. The zero-order valence-electron chi connectivity index (χ0n) is 9.39. The molecule has 0 bridgehead atoms. The van der Waals surface area contributed by atoms with Crippen LogP contribution in [0.25, 0.3) is 0 Å². The minimum absolute atomic E-state index is 0.0382. The lowest BCUT2D eigenvalue weighted by atomic mass is 10.1. The number of benzene rings is 1. The Morgan fingerprint density at radius 2 is 2.11 bits per heavy atom. The molecule has 1 aliphatic heterocycles. The third-order valence-corrected chi connectivity index (χ3v) is 2.40. The highest BCUT2D eigenvalue weighted by Gasteiger charge is 2.31. The predicted octanol–water partition coefficient (Wildman–Crippen LogP) is 1.13. The van der Waals surface area contributed by atoms with Crippen molar-refractivity contribution >= 4 is 23.3 Å². The van der Waals surface area contributed by atoms with Crippen molar-refractivity contribution in [1.29, 1.82) is 0 Å². The van der Waals surface area contributed by atoms with Gasteiger partial charge in [0.25, 0.3) is 5.91 Å². The summed E-state index contributed by atoms with van der Waals surface area (Å²) in [6.07, 6.45) is -1.29. The molecule has 1 aromatic carbocycles. The Balaban J connectivity index is 1.99. The van der Waals surface area contributed by atoms with Crippen LogP contribution in [0.1, 0.15) is 6.42 Å². The van der Waals surface area contributed by atoms with Crippen molar-refractivity contribution in [3.05, 3.63) is 29.8 Å². The molecule has 1 heterocycles. The molecule has 0 aromatic heterocycles. The van der Waals surface area contributed by atoms with Crippen LogP contribution in [-0.4, -0.2) is 28.8 Å². The van der Waals surface area contributed by atoms with Crippen molar-refractivity contribution in [3.8, 4) is 0 Å². The number of aliphatic carboxylic acids is 1. The van der Waals surface area contributed by atoms with E-state index in [1.54, 1.807) is 0 Å². The summed E-state index contributed by atoms with van der Waals surface area (Å²) in [5, 5.41) is 14.1. The van der Waals surface area contributed by atoms with Gasteiger partial charge in [0.05, 0.1) is 0 Å². The van der Waals surface area contributed by atoms with Crippen molar-refractivity contribution in [3.63, 3.8) is 0 Å². The lowest BCUT2D eigenvalue weighted by Gasteiger charge is -2.09. The van der Waals surface area contributed by atoms with E-state index >= 15 is 0 Å². The number of hydrogen-bond acceptors (Lipinski definition) is 4. The van der Waals surface area contributed by atoms with Crippen LogP contribution in [0.5, 0.6) is 0 Å². The van der Waals surface area contributed by atoms with Gasteiger partial charge in [0.1, 0.15) is 0 Å². The quantitative estimate of drug-likeness (QED) is 0.861. The molecule has 0 saturated heterocycles. The van der Waals surface area contributed by atoms with Crippen molar-refractivity contribution in [2.24, 2.45) is 5.16 Å². The lowest BCUT2D eigenvalue weighted by molar-refractivity contribution is -0.129. The van der Waals surface area contributed by atoms with E-state index in [0.717, 1.165) is 12.1 Å². The highest BCUT2D eigenvalue weighted by Crippen LogP contribution is 2.16. The molecule has 1 aromatic rings. The van der Waals surface area contributed by atoms with Crippen LogP contribution in [0.3, 0.4) is 0 Å². The van der Waals surface area contributed by atoms with E-state index in [1.807, 2.05) is 0 Å². The highest BCUT2D eigenvalue weighted by molar-refractivity contribution is 6.36. The number of amides is 1. The maximum Gasteiger partial charge on any atom is 0.353 e. The second-order valence-electron chi connectivity index (χ2n) is 3.76. The monoisotopic (exact) mass is 270 g/mol. The molecule has 0 saturated carbocycles. The van der Waals surface area contributed by atoms with E-state index in [1.165, 1.54) is 6.07 Å². The maximum atomic E-state index is 12.9. The second-order valence-corrected chi connectivity index (χ2v) is 3.76. The molecule has 2 N–H and O–H groups in total. The van der Waals surface area contributed by atoms with Gasteiger partial charge in [-0.25, -0.2) is 13.6 Å². The number of oxime groups is 1. The van der Waals surface area contributed by atoms with Crippen LogP contribution in [0, 0.1) is 11.6 Å². The Morgan fingerprint density at radius 1 is 1.37 bits per heavy atom. The Kier molecular flexibility index (Phi) is 3.41. The van der Waals surface area contributed by atoms with Crippen LogP contribution < -0.4 is 5.32 Å². The normalized spacial score (nSPS) is 17.6. The molecular formula is C11H8F2N2O4. The van der Waals surface area contributed by atoms with Crippen LogP contribution >= 0.6 is 0 Å². The Labute approximate surface area is 105 Å². The number of nitrogens with one attached hydrogen (secondary N) is 1. The minimum Gasteiger partial charge on any atom is -0.477 e. The molecule has 1 amide bonds. The Hall–Kier alpha value is -2.51. The van der Waals surface area contributed by atoms with Gasteiger partial charge in [-0.05, 0) is 12.1 Å². The van der Waals surface area contributed by atoms with Gasteiger partial charge in [0.15, 0.2) is 17.3 Å². The predicted molar refractivity (Wildman–Crippen MR) is 59.5 cm³/mol. The largest absolute Gasteiger partial charge is 0.477 e. The first-order valence-electron chi connectivity index (χ1n) is 5.19. The molecule has 0 aliphatic carbocycles. The molecule has 100 valence electrons. The molecule has 0 fully saturated rings. The van der Waals surface area contributed by atoms with Gasteiger partial charge in [0, 0.05) is 18.2 Å². The number of carboxylic acid groups (broad SMARTS) is 1. The number of hydrogen-bond donors (Lipinski definition) is 2. The number of halogens is 2. The van der Waals surface area contributed by atoms with Crippen molar-refractivity contribution in [1.82, 2.24) is 0 Å². The van der Waals surface area contributed by atoms with Gasteiger partial charge in [0.2, 0.25) is 6.10 Å². The fraction of sp³-hybridized carbons (Fsp3) is 0.182. The molecule has 0 radical (unpaired) electrons. The van der Waals surface area contributed by atoms with Gasteiger partial charge in [-0.2, -0.15) is 0 Å². The fourth-order valence-corrected chi connectivity index (χ4v) is 1.44. The van der Waals surface area contributed by atoms with Gasteiger partial charge in [-0.1, -0.05) is 5.16 Å². The fourth-order valence-electron chi connectivity index (χ4n) is 1.44. The van der Waals surface area contributed by atoms with E-state index in [2.05, 4.69) is 15.3 Å². The van der Waals surface area contributed by atoms with E-state index in [9.17, 15) is 18.4 Å². The summed E-state index contributed by atoms with van der Waals surface area (Å²) in [5.41, 5.74) is -0.235. The number of nitrogens with zero attached hydrogens (tertiary/aromatic N) is 1. The Morgan fingerprint density at radius 3 is 2.68 bits per heavy atom. The Bertz CT molecular complexity index is 574. The molecule has 1 aliphatic rings. The SMILES string of the molecule is O=C(O)C1=NOC(C(=O)Nc2ccc(F)c(F)c2)C1. The van der Waals surface area contributed by atoms with Gasteiger partial charge >= 0.3 is 5.97 Å². The summed E-state index contributed by atoms with van der Waals surface area (Å²) < 4.78 is 25.6. The van der Waals surface area contributed by atoms with Crippen molar-refractivity contribution in [2.45, 2.75) is 12.5 Å². The van der Waals surface area contributed by atoms with Crippen molar-refractivity contribution in [2.75, 3.05) is 5.32 Å². The number of anilines is 1. The van der Waals surface area contributed by atoms with Crippen molar-refractivity contribution < 1.29 is 28.3 Å². The molecular weight excluding hydrogens is 262 g/mol. The summed E-state index contributed by atoms with van der Waals surface area (Å²) in [7, 11) is 0. The first-order chi connectivity index (χ1) is 8.97. The van der Waals surface area contributed by atoms with Gasteiger partial charge < -0.3 is 15.3 Å². The maximum absolute atomic E-state index is 12.9. The summed E-state index contributed by atoms with van der Waals surface area (Å²) in [4.78, 5) is 26.9. The third kappa shape index (κ3) is 2.84. The van der Waals surface area contributed by atoms with Gasteiger partial charge in [-0.15, -0.1) is 0 Å². The third-order valence-electron chi connectivity index (χ3n) is 2.40. The summed E-state index contributed by atoms with van der Waals surface area (Å²) >= 11 is 0. The molecule has 19 heavy (non-hydrogen) atoms. The molecule has 1 atom stereocenters. The topological polar surface area (TPSA) is 88.0 Å². The van der Waals surface area contributed by atoms with Gasteiger partial charge in [-0.3, -0.25) is 4.79 Å². The average molecular weight is 270 g/mol. The molecule has 0 spiro atoms. The molecule has 6 nitrogen and oxygen atoms in total. The molecule has 8 heteroatoms. The number of carboxylic acids is 1. The van der Waals surface area contributed by atoms with E-state index in [0.29, 0.717) is 0 Å². The number of carbonyl (C=O) groups is 2. The molecule has 1 unspecified atom stereocenters. The zero-order chi connectivity index (χ0) is 14.0. The standard InChI is InChI=1S/C11H8F2N2O4/c12-6-2-1-5(3-7(6)13)14-10(16)9-4-8(11(17)18)15-19-9/h1-3,9H,4H2,(H,14,16)(H,17,18). The minimum atomic E-state index is -1.27.